The molecule has 3 rings (SSSR count). The quantitative estimate of drug-likeness (QED) is 0.577. The van der Waals surface area contributed by atoms with Gasteiger partial charge in [-0.15, -0.1) is 0 Å². The van der Waals surface area contributed by atoms with Gasteiger partial charge in [0.1, 0.15) is 11.4 Å². The van der Waals surface area contributed by atoms with E-state index in [2.05, 4.69) is 5.32 Å². The van der Waals surface area contributed by atoms with E-state index in [0.717, 1.165) is 0 Å². The Balaban J connectivity index is 2.03. The Bertz CT molecular complexity index is 1120. The molecule has 0 bridgehead atoms. The van der Waals surface area contributed by atoms with Crippen LogP contribution in [0, 0.1) is 22.9 Å². The van der Waals surface area contributed by atoms with Crippen LogP contribution in [0.5, 0.6) is 0 Å². The van der Waals surface area contributed by atoms with Crippen molar-refractivity contribution >= 4 is 28.2 Å². The van der Waals surface area contributed by atoms with Crippen LogP contribution in [-0.4, -0.2) is 15.4 Å². The smallest absolute Gasteiger partial charge is 0.269 e. The summed E-state index contributed by atoms with van der Waals surface area (Å²) in [5.74, 6) is -1.23. The number of carbonyl (C=O) groups excluding carboxylic acids is 1. The maximum atomic E-state index is 13.9. The molecule has 0 aliphatic rings. The average Bonchev–Trinajstić information content (AvgIpc) is 2.59. The van der Waals surface area contributed by atoms with Crippen LogP contribution in [0.1, 0.15) is 15.9 Å². The van der Waals surface area contributed by atoms with Crippen molar-refractivity contribution in [1.29, 1.82) is 0 Å². The van der Waals surface area contributed by atoms with E-state index < -0.39 is 22.1 Å². The fourth-order valence-corrected chi connectivity index (χ4v) is 2.77. The molecule has 8 heteroatoms. The standard InChI is InChI=1S/C18H14FN3O4/c1-10-8-11(22(25)26)6-7-15(10)20-18(24)13-9-21(2)16-12(17(13)23)4-3-5-14(16)19/h3-9H,1-2H3,(H,20,24). The van der Waals surface area contributed by atoms with Crippen LogP contribution >= 0.6 is 0 Å². The topological polar surface area (TPSA) is 94.2 Å². The van der Waals surface area contributed by atoms with Gasteiger partial charge in [-0.3, -0.25) is 19.7 Å². The highest BCUT2D eigenvalue weighted by Crippen LogP contribution is 2.22. The highest BCUT2D eigenvalue weighted by atomic mass is 19.1. The molecule has 1 heterocycles. The van der Waals surface area contributed by atoms with Crippen molar-refractivity contribution in [1.82, 2.24) is 4.57 Å². The molecule has 0 radical (unpaired) electrons. The molecule has 1 amide bonds. The number of aromatic nitrogens is 1. The number of pyridine rings is 1. The monoisotopic (exact) mass is 355 g/mol. The second-order valence-electron chi connectivity index (χ2n) is 5.83. The van der Waals surface area contributed by atoms with Crippen LogP contribution in [0.15, 0.2) is 47.4 Å². The van der Waals surface area contributed by atoms with E-state index >= 15 is 0 Å². The van der Waals surface area contributed by atoms with E-state index in [1.165, 1.54) is 47.2 Å². The van der Waals surface area contributed by atoms with Crippen molar-refractivity contribution in [3.63, 3.8) is 0 Å². The first-order valence-electron chi connectivity index (χ1n) is 7.64. The molecule has 1 aromatic heterocycles. The number of aryl methyl sites for hydroxylation is 2. The van der Waals surface area contributed by atoms with Crippen molar-refractivity contribution in [2.75, 3.05) is 5.32 Å². The number of nitro benzene ring substituents is 1. The van der Waals surface area contributed by atoms with Gasteiger partial charge < -0.3 is 9.88 Å². The van der Waals surface area contributed by atoms with Crippen LogP contribution in [0.4, 0.5) is 15.8 Å². The number of para-hydroxylation sites is 1. The highest BCUT2D eigenvalue weighted by Gasteiger charge is 2.17. The fourth-order valence-electron chi connectivity index (χ4n) is 2.77. The molecule has 0 saturated heterocycles. The molecule has 0 aliphatic carbocycles. The number of benzene rings is 2. The molecule has 0 atom stereocenters. The van der Waals surface area contributed by atoms with Crippen LogP contribution in [-0.2, 0) is 7.05 Å². The van der Waals surface area contributed by atoms with Gasteiger partial charge in [-0.05, 0) is 30.7 Å². The average molecular weight is 355 g/mol. The summed E-state index contributed by atoms with van der Waals surface area (Å²) in [4.78, 5) is 35.3. The third-order valence-corrected chi connectivity index (χ3v) is 4.07. The third-order valence-electron chi connectivity index (χ3n) is 4.07. The minimum atomic E-state index is -0.672. The predicted octanol–water partition coefficient (Wildman–Crippen LogP) is 3.15. The highest BCUT2D eigenvalue weighted by molar-refractivity contribution is 6.06. The Hall–Kier alpha value is -3.55. The molecule has 26 heavy (non-hydrogen) atoms. The Morgan fingerprint density at radius 2 is 2.00 bits per heavy atom. The van der Waals surface area contributed by atoms with Crippen LogP contribution < -0.4 is 10.7 Å². The summed E-state index contributed by atoms with van der Waals surface area (Å²) in [7, 11) is 1.54. The van der Waals surface area contributed by atoms with Crippen molar-refractivity contribution in [2.45, 2.75) is 6.92 Å². The van der Waals surface area contributed by atoms with Crippen molar-refractivity contribution in [3.05, 3.63) is 79.9 Å². The van der Waals surface area contributed by atoms with Gasteiger partial charge in [0.15, 0.2) is 0 Å². The van der Waals surface area contributed by atoms with Gasteiger partial charge in [0.2, 0.25) is 5.43 Å². The van der Waals surface area contributed by atoms with Crippen molar-refractivity contribution in [2.24, 2.45) is 7.05 Å². The maximum absolute atomic E-state index is 13.9. The van der Waals surface area contributed by atoms with E-state index in [1.807, 2.05) is 0 Å². The SMILES string of the molecule is Cc1cc([N+](=O)[O-])ccc1NC(=O)c1cn(C)c2c(F)cccc2c1=O. The lowest BCUT2D eigenvalue weighted by Crippen LogP contribution is -2.24. The molecular formula is C18H14FN3O4. The van der Waals surface area contributed by atoms with Gasteiger partial charge >= 0.3 is 0 Å². The van der Waals surface area contributed by atoms with Gasteiger partial charge in [0, 0.05) is 36.5 Å². The van der Waals surface area contributed by atoms with Gasteiger partial charge in [0.25, 0.3) is 11.6 Å². The molecule has 1 N–H and O–H groups in total. The molecule has 0 aliphatic heterocycles. The number of hydrogen-bond acceptors (Lipinski definition) is 4. The summed E-state index contributed by atoms with van der Waals surface area (Å²) in [6.07, 6.45) is 1.27. The fraction of sp³-hybridized carbons (Fsp3) is 0.111. The number of fused-ring (bicyclic) bond motifs is 1. The second-order valence-corrected chi connectivity index (χ2v) is 5.83. The summed E-state index contributed by atoms with van der Waals surface area (Å²) in [5, 5.41) is 13.5. The summed E-state index contributed by atoms with van der Waals surface area (Å²) in [6.45, 7) is 1.61. The summed E-state index contributed by atoms with van der Waals surface area (Å²) >= 11 is 0. The molecule has 2 aromatic carbocycles. The largest absolute Gasteiger partial charge is 0.347 e. The molecule has 0 spiro atoms. The van der Waals surface area contributed by atoms with E-state index in [-0.39, 0.29) is 22.2 Å². The summed E-state index contributed by atoms with van der Waals surface area (Å²) in [5.41, 5.74) is 0.106. The van der Waals surface area contributed by atoms with Crippen molar-refractivity contribution < 1.29 is 14.1 Å². The normalized spacial score (nSPS) is 10.7. The number of hydrogen-bond donors (Lipinski definition) is 1. The zero-order valence-corrected chi connectivity index (χ0v) is 13.9. The first-order valence-corrected chi connectivity index (χ1v) is 7.64. The van der Waals surface area contributed by atoms with Crippen molar-refractivity contribution in [3.8, 4) is 0 Å². The van der Waals surface area contributed by atoms with Gasteiger partial charge in [0.05, 0.1) is 10.4 Å². The van der Waals surface area contributed by atoms with E-state index in [4.69, 9.17) is 0 Å². The predicted molar refractivity (Wildman–Crippen MR) is 94.9 cm³/mol. The lowest BCUT2D eigenvalue weighted by atomic mass is 10.1. The Kier molecular flexibility index (Phi) is 4.25. The molecule has 0 saturated carbocycles. The summed E-state index contributed by atoms with van der Waals surface area (Å²) < 4.78 is 15.3. The number of carbonyl (C=O) groups is 1. The summed E-state index contributed by atoms with van der Waals surface area (Å²) in [6, 6.07) is 8.08. The zero-order chi connectivity index (χ0) is 19.0. The van der Waals surface area contributed by atoms with Gasteiger partial charge in [-0.25, -0.2) is 4.39 Å². The number of non-ortho nitro benzene ring substituents is 1. The minimum Gasteiger partial charge on any atom is -0.347 e. The van der Waals surface area contributed by atoms with E-state index in [9.17, 15) is 24.1 Å². The number of nitrogens with one attached hydrogen (secondary N) is 1. The van der Waals surface area contributed by atoms with Gasteiger partial charge in [-0.2, -0.15) is 0 Å². The Morgan fingerprint density at radius 1 is 1.27 bits per heavy atom. The first kappa shape index (κ1) is 17.3. The Labute approximate surface area is 146 Å². The lowest BCUT2D eigenvalue weighted by Gasteiger charge is -2.11. The minimum absolute atomic E-state index is 0.0978. The van der Waals surface area contributed by atoms with Gasteiger partial charge in [-0.1, -0.05) is 6.07 Å². The Morgan fingerprint density at radius 3 is 2.65 bits per heavy atom. The number of nitro groups is 1. The number of anilines is 1. The van der Waals surface area contributed by atoms with E-state index in [1.54, 1.807) is 14.0 Å². The van der Waals surface area contributed by atoms with Crippen LogP contribution in [0.25, 0.3) is 10.9 Å². The maximum Gasteiger partial charge on any atom is 0.269 e. The second kappa shape index (κ2) is 6.40. The van der Waals surface area contributed by atoms with Crippen LogP contribution in [0.2, 0.25) is 0 Å². The number of halogens is 1. The zero-order valence-electron chi connectivity index (χ0n) is 13.9. The van der Waals surface area contributed by atoms with E-state index in [0.29, 0.717) is 11.3 Å². The lowest BCUT2D eigenvalue weighted by molar-refractivity contribution is -0.384. The number of amides is 1. The molecule has 3 aromatic rings. The molecular weight excluding hydrogens is 341 g/mol. The number of nitrogens with zero attached hydrogens (tertiary/aromatic N) is 2. The molecule has 0 fully saturated rings. The van der Waals surface area contributed by atoms with Crippen LogP contribution in [0.3, 0.4) is 0 Å². The molecule has 132 valence electrons. The number of rotatable bonds is 3. The molecule has 0 unspecified atom stereocenters. The third kappa shape index (κ3) is 2.92. The molecule has 7 nitrogen and oxygen atoms in total. The first-order chi connectivity index (χ1) is 12.3.